The van der Waals surface area contributed by atoms with E-state index in [4.69, 9.17) is 5.11 Å². The maximum atomic E-state index is 12.0. The quantitative estimate of drug-likeness (QED) is 0.890. The van der Waals surface area contributed by atoms with E-state index in [-0.39, 0.29) is 18.1 Å². The Kier molecular flexibility index (Phi) is 4.51. The number of hydrogen-bond acceptors (Lipinski definition) is 5. The molecule has 7 heteroatoms. The number of thiophene rings is 1. The summed E-state index contributed by atoms with van der Waals surface area (Å²) in [5.74, 6) is -1.20. The molecule has 0 aliphatic heterocycles. The molecule has 106 valence electrons. The molecule has 2 N–H and O–H groups in total. The lowest BCUT2D eigenvalue weighted by Crippen LogP contribution is -2.21. The highest BCUT2D eigenvalue weighted by Crippen LogP contribution is 2.22. The van der Waals surface area contributed by atoms with Crippen molar-refractivity contribution in [3.05, 3.63) is 37.5 Å². The third-order valence-electron chi connectivity index (χ3n) is 2.80. The van der Waals surface area contributed by atoms with Crippen molar-refractivity contribution in [2.24, 2.45) is 0 Å². The van der Waals surface area contributed by atoms with E-state index in [0.717, 1.165) is 11.3 Å². The summed E-state index contributed by atoms with van der Waals surface area (Å²) in [5, 5.41) is 13.6. The van der Waals surface area contributed by atoms with Gasteiger partial charge in [0, 0.05) is 10.3 Å². The number of amides is 1. The summed E-state index contributed by atoms with van der Waals surface area (Å²) in [4.78, 5) is 28.5. The van der Waals surface area contributed by atoms with Crippen molar-refractivity contribution >= 4 is 34.6 Å². The number of thiazole rings is 1. The lowest BCUT2D eigenvalue weighted by atomic mass is 10.2. The van der Waals surface area contributed by atoms with Crippen LogP contribution >= 0.6 is 22.7 Å². The first-order valence-electron chi connectivity index (χ1n) is 6.06. The molecule has 0 fully saturated rings. The molecule has 0 aliphatic carbocycles. The number of rotatable bonds is 5. The van der Waals surface area contributed by atoms with Crippen molar-refractivity contribution in [2.75, 3.05) is 0 Å². The molecule has 0 atom stereocenters. The Hall–Kier alpha value is -1.73. The molecule has 2 aromatic heterocycles. The average Bonchev–Trinajstić information content (AvgIpc) is 3.02. The lowest BCUT2D eigenvalue weighted by molar-refractivity contribution is 0.0691. The standard InChI is InChI=1S/C13H14N2O3S2/c1-3-8-4-10(20-7(8)2)12(16)14-5-11-15-9(6-19-11)13(17)18/h4,6H,3,5H2,1-2H3,(H,14,16)(H,17,18). The van der Waals surface area contributed by atoms with Crippen LogP contribution in [0, 0.1) is 6.92 Å². The minimum atomic E-state index is -1.06. The van der Waals surface area contributed by atoms with Gasteiger partial charge < -0.3 is 10.4 Å². The van der Waals surface area contributed by atoms with Crippen molar-refractivity contribution in [1.29, 1.82) is 0 Å². The number of nitrogens with zero attached hydrogens (tertiary/aromatic N) is 1. The fourth-order valence-electron chi connectivity index (χ4n) is 1.72. The zero-order valence-corrected chi connectivity index (χ0v) is 12.7. The van der Waals surface area contributed by atoms with Gasteiger partial charge in [-0.3, -0.25) is 4.79 Å². The van der Waals surface area contributed by atoms with Gasteiger partial charge in [-0.25, -0.2) is 9.78 Å². The van der Waals surface area contributed by atoms with Crippen LogP contribution in [-0.4, -0.2) is 22.0 Å². The summed E-state index contributed by atoms with van der Waals surface area (Å²) in [7, 11) is 0. The first-order valence-corrected chi connectivity index (χ1v) is 7.76. The largest absolute Gasteiger partial charge is 0.476 e. The Bertz CT molecular complexity index is 646. The zero-order valence-electron chi connectivity index (χ0n) is 11.1. The van der Waals surface area contributed by atoms with Crippen LogP contribution in [0.4, 0.5) is 0 Å². The molecule has 0 radical (unpaired) electrons. The topological polar surface area (TPSA) is 79.3 Å². The van der Waals surface area contributed by atoms with E-state index in [0.29, 0.717) is 9.88 Å². The van der Waals surface area contributed by atoms with Gasteiger partial charge in [-0.2, -0.15) is 0 Å². The van der Waals surface area contributed by atoms with Crippen molar-refractivity contribution in [1.82, 2.24) is 10.3 Å². The van der Waals surface area contributed by atoms with Crippen LogP contribution < -0.4 is 5.32 Å². The van der Waals surface area contributed by atoms with Crippen LogP contribution in [-0.2, 0) is 13.0 Å². The smallest absolute Gasteiger partial charge is 0.355 e. The first kappa shape index (κ1) is 14.7. The predicted molar refractivity (Wildman–Crippen MR) is 78.7 cm³/mol. The molecular formula is C13H14N2O3S2. The molecule has 2 heterocycles. The Balaban J connectivity index is 1.98. The van der Waals surface area contributed by atoms with Gasteiger partial charge in [0.25, 0.3) is 5.91 Å². The summed E-state index contributed by atoms with van der Waals surface area (Å²) in [6.45, 7) is 4.30. The van der Waals surface area contributed by atoms with Crippen LogP contribution in [0.1, 0.15) is 42.5 Å². The van der Waals surface area contributed by atoms with Crippen molar-refractivity contribution in [3.63, 3.8) is 0 Å². The molecule has 0 unspecified atom stereocenters. The summed E-state index contributed by atoms with van der Waals surface area (Å²) >= 11 is 2.69. The number of carboxylic acids is 1. The lowest BCUT2D eigenvalue weighted by Gasteiger charge is -1.99. The fourth-order valence-corrected chi connectivity index (χ4v) is 3.45. The highest BCUT2D eigenvalue weighted by atomic mass is 32.1. The molecule has 0 aliphatic rings. The summed E-state index contributed by atoms with van der Waals surface area (Å²) in [6, 6.07) is 1.90. The molecule has 2 aromatic rings. The van der Waals surface area contributed by atoms with Gasteiger partial charge in [0.1, 0.15) is 5.01 Å². The number of hydrogen-bond donors (Lipinski definition) is 2. The van der Waals surface area contributed by atoms with Gasteiger partial charge in [0.15, 0.2) is 5.69 Å². The Morgan fingerprint density at radius 3 is 2.75 bits per heavy atom. The SMILES string of the molecule is CCc1cc(C(=O)NCc2nc(C(=O)O)cs2)sc1C. The van der Waals surface area contributed by atoms with Gasteiger partial charge in [-0.15, -0.1) is 22.7 Å². The van der Waals surface area contributed by atoms with E-state index in [9.17, 15) is 9.59 Å². The second kappa shape index (κ2) is 6.15. The van der Waals surface area contributed by atoms with E-state index in [1.165, 1.54) is 33.6 Å². The third-order valence-corrected chi connectivity index (χ3v) is 4.74. The molecule has 5 nitrogen and oxygen atoms in total. The summed E-state index contributed by atoms with van der Waals surface area (Å²) in [6.07, 6.45) is 0.907. The number of carboxylic acid groups (broad SMARTS) is 1. The van der Waals surface area contributed by atoms with Crippen molar-refractivity contribution < 1.29 is 14.7 Å². The molecule has 0 bridgehead atoms. The molecular weight excluding hydrogens is 296 g/mol. The second-order valence-corrected chi connectivity index (χ2v) is 6.36. The summed E-state index contributed by atoms with van der Waals surface area (Å²) < 4.78 is 0. The molecule has 2 rings (SSSR count). The van der Waals surface area contributed by atoms with E-state index < -0.39 is 5.97 Å². The molecule has 20 heavy (non-hydrogen) atoms. The highest BCUT2D eigenvalue weighted by Gasteiger charge is 2.13. The Morgan fingerprint density at radius 2 is 2.20 bits per heavy atom. The van der Waals surface area contributed by atoms with E-state index in [1.54, 1.807) is 0 Å². The van der Waals surface area contributed by atoms with Gasteiger partial charge in [-0.1, -0.05) is 6.92 Å². The normalized spacial score (nSPS) is 10.5. The molecule has 0 saturated heterocycles. The third kappa shape index (κ3) is 3.23. The number of aromatic carboxylic acids is 1. The van der Waals surface area contributed by atoms with Crippen molar-refractivity contribution in [3.8, 4) is 0 Å². The zero-order chi connectivity index (χ0) is 14.7. The van der Waals surface area contributed by atoms with Gasteiger partial charge in [0.05, 0.1) is 11.4 Å². The molecule has 0 aromatic carbocycles. The van der Waals surface area contributed by atoms with E-state index in [1.807, 2.05) is 13.0 Å². The fraction of sp³-hybridized carbons (Fsp3) is 0.308. The Morgan fingerprint density at radius 1 is 1.45 bits per heavy atom. The maximum absolute atomic E-state index is 12.0. The van der Waals surface area contributed by atoms with Crippen LogP contribution in [0.15, 0.2) is 11.4 Å². The minimum Gasteiger partial charge on any atom is -0.476 e. The Labute approximate surface area is 124 Å². The number of carbonyl (C=O) groups is 2. The molecule has 0 saturated carbocycles. The van der Waals surface area contributed by atoms with Crippen LogP contribution in [0.25, 0.3) is 0 Å². The van der Waals surface area contributed by atoms with E-state index in [2.05, 4.69) is 17.2 Å². The first-order chi connectivity index (χ1) is 9.51. The number of nitrogens with one attached hydrogen (secondary N) is 1. The number of aryl methyl sites for hydroxylation is 2. The summed E-state index contributed by atoms with van der Waals surface area (Å²) in [5.41, 5.74) is 1.20. The molecule has 0 spiro atoms. The van der Waals surface area contributed by atoms with Gasteiger partial charge >= 0.3 is 5.97 Å². The van der Waals surface area contributed by atoms with Crippen LogP contribution in [0.2, 0.25) is 0 Å². The van der Waals surface area contributed by atoms with Crippen LogP contribution in [0.5, 0.6) is 0 Å². The number of carbonyl (C=O) groups excluding carboxylic acids is 1. The highest BCUT2D eigenvalue weighted by molar-refractivity contribution is 7.14. The minimum absolute atomic E-state index is 0.0134. The number of aromatic nitrogens is 1. The van der Waals surface area contributed by atoms with Crippen LogP contribution in [0.3, 0.4) is 0 Å². The molecule has 1 amide bonds. The van der Waals surface area contributed by atoms with Crippen molar-refractivity contribution in [2.45, 2.75) is 26.8 Å². The maximum Gasteiger partial charge on any atom is 0.355 e. The average molecular weight is 310 g/mol. The monoisotopic (exact) mass is 310 g/mol. The van der Waals surface area contributed by atoms with E-state index >= 15 is 0 Å². The van der Waals surface area contributed by atoms with Gasteiger partial charge in [-0.05, 0) is 25.0 Å². The second-order valence-electron chi connectivity index (χ2n) is 4.16. The predicted octanol–water partition coefficient (Wildman–Crippen LogP) is 2.70. The van der Waals surface area contributed by atoms with Gasteiger partial charge in [0.2, 0.25) is 0 Å².